The van der Waals surface area contributed by atoms with Gasteiger partial charge in [0.1, 0.15) is 5.03 Å². The van der Waals surface area contributed by atoms with Gasteiger partial charge in [0.25, 0.3) is 0 Å². The molecule has 3 rings (SSSR count). The first kappa shape index (κ1) is 13.4. The van der Waals surface area contributed by atoms with Crippen molar-refractivity contribution in [2.24, 2.45) is 5.73 Å². The van der Waals surface area contributed by atoms with Crippen LogP contribution < -0.4 is 5.73 Å². The van der Waals surface area contributed by atoms with Gasteiger partial charge in [-0.2, -0.15) is 0 Å². The second-order valence-corrected chi connectivity index (χ2v) is 5.81. The van der Waals surface area contributed by atoms with Gasteiger partial charge in [-0.1, -0.05) is 17.7 Å². The number of hydrogen-bond acceptors (Lipinski definition) is 4. The fourth-order valence-corrected chi connectivity index (χ4v) is 3.06. The van der Waals surface area contributed by atoms with E-state index in [0.717, 1.165) is 21.8 Å². The van der Waals surface area contributed by atoms with Crippen LogP contribution in [0, 0.1) is 6.92 Å². The van der Waals surface area contributed by atoms with E-state index in [4.69, 9.17) is 17.3 Å². The van der Waals surface area contributed by atoms with Gasteiger partial charge in [-0.3, -0.25) is 0 Å². The largest absolute Gasteiger partial charge is 0.333 e. The number of H-pyrrole nitrogens is 1. The van der Waals surface area contributed by atoms with Gasteiger partial charge in [-0.25, -0.2) is 9.97 Å². The molecule has 0 saturated heterocycles. The Kier molecular flexibility index (Phi) is 3.65. The van der Waals surface area contributed by atoms with Crippen LogP contribution in [0.5, 0.6) is 0 Å². The molecule has 0 spiro atoms. The maximum Gasteiger partial charge on any atom is 0.172 e. The predicted octanol–water partition coefficient (Wildman–Crippen LogP) is 3.53. The zero-order valence-corrected chi connectivity index (χ0v) is 12.4. The van der Waals surface area contributed by atoms with Crippen molar-refractivity contribution in [1.29, 1.82) is 0 Å². The molecule has 2 aromatic heterocycles. The molecule has 0 bridgehead atoms. The van der Waals surface area contributed by atoms with E-state index in [1.807, 2.05) is 18.2 Å². The fraction of sp³-hybridized carbons (Fsp3) is 0.143. The molecular weight excluding hydrogens is 292 g/mol. The molecular formula is C14H13ClN4S. The van der Waals surface area contributed by atoms with E-state index >= 15 is 0 Å². The van der Waals surface area contributed by atoms with Crippen LogP contribution in [0.2, 0.25) is 5.02 Å². The number of aryl methyl sites for hydroxylation is 1. The highest BCUT2D eigenvalue weighted by Gasteiger charge is 2.11. The summed E-state index contributed by atoms with van der Waals surface area (Å²) in [4.78, 5) is 12.1. The minimum absolute atomic E-state index is 0.397. The van der Waals surface area contributed by atoms with Crippen molar-refractivity contribution in [2.45, 2.75) is 23.7 Å². The van der Waals surface area contributed by atoms with Crippen molar-refractivity contribution in [3.8, 4) is 0 Å². The maximum absolute atomic E-state index is 6.28. The Labute approximate surface area is 125 Å². The lowest BCUT2D eigenvalue weighted by molar-refractivity contribution is 1.01. The fourth-order valence-electron chi connectivity index (χ4n) is 1.93. The third kappa shape index (κ3) is 2.52. The van der Waals surface area contributed by atoms with E-state index in [-0.39, 0.29) is 0 Å². The van der Waals surface area contributed by atoms with Crippen molar-refractivity contribution < 1.29 is 0 Å². The molecule has 0 radical (unpaired) electrons. The van der Waals surface area contributed by atoms with E-state index in [0.29, 0.717) is 16.6 Å². The van der Waals surface area contributed by atoms with Crippen molar-refractivity contribution in [2.75, 3.05) is 0 Å². The molecule has 6 heteroatoms. The van der Waals surface area contributed by atoms with Gasteiger partial charge < -0.3 is 10.7 Å². The van der Waals surface area contributed by atoms with Crippen molar-refractivity contribution >= 4 is 34.4 Å². The molecule has 0 aliphatic heterocycles. The average Bonchev–Trinajstić information content (AvgIpc) is 2.82. The van der Waals surface area contributed by atoms with Crippen molar-refractivity contribution in [3.05, 3.63) is 46.6 Å². The number of benzene rings is 1. The van der Waals surface area contributed by atoms with E-state index in [2.05, 4.69) is 27.9 Å². The molecule has 0 aliphatic rings. The maximum atomic E-state index is 6.28. The normalized spacial score (nSPS) is 11.2. The monoisotopic (exact) mass is 304 g/mol. The SMILES string of the molecule is Cc1ccc2nc(Sc3nccc(CN)c3Cl)[nH]c2c1. The quantitative estimate of drug-likeness (QED) is 0.777. The Morgan fingerprint density at radius 3 is 3.00 bits per heavy atom. The lowest BCUT2D eigenvalue weighted by Gasteiger charge is -2.04. The van der Waals surface area contributed by atoms with Crippen LogP contribution in [0.1, 0.15) is 11.1 Å². The van der Waals surface area contributed by atoms with Gasteiger partial charge in [0.2, 0.25) is 0 Å². The van der Waals surface area contributed by atoms with Crippen LogP contribution >= 0.6 is 23.4 Å². The zero-order chi connectivity index (χ0) is 14.1. The topological polar surface area (TPSA) is 67.6 Å². The number of rotatable bonds is 3. The Morgan fingerprint density at radius 2 is 2.20 bits per heavy atom. The standard InChI is InChI=1S/C14H13ClN4S/c1-8-2-3-10-11(6-8)19-14(18-10)20-13-12(15)9(7-16)4-5-17-13/h2-6H,7,16H2,1H3,(H,18,19). The molecule has 0 atom stereocenters. The molecule has 0 saturated carbocycles. The summed E-state index contributed by atoms with van der Waals surface area (Å²) < 4.78 is 0. The third-order valence-corrected chi connectivity index (χ3v) is 4.39. The molecule has 20 heavy (non-hydrogen) atoms. The van der Waals surface area contributed by atoms with Gasteiger partial charge in [0.15, 0.2) is 5.16 Å². The lowest BCUT2D eigenvalue weighted by Crippen LogP contribution is -1.98. The van der Waals surface area contributed by atoms with Crippen LogP contribution in [0.25, 0.3) is 11.0 Å². The highest BCUT2D eigenvalue weighted by atomic mass is 35.5. The number of hydrogen-bond donors (Lipinski definition) is 2. The van der Waals surface area contributed by atoms with Gasteiger partial charge in [0.05, 0.1) is 16.1 Å². The van der Waals surface area contributed by atoms with E-state index < -0.39 is 0 Å². The number of pyridine rings is 1. The van der Waals surface area contributed by atoms with Crippen molar-refractivity contribution in [1.82, 2.24) is 15.0 Å². The number of imidazole rings is 1. The number of nitrogens with one attached hydrogen (secondary N) is 1. The molecule has 1 aromatic carbocycles. The van der Waals surface area contributed by atoms with Crippen molar-refractivity contribution in [3.63, 3.8) is 0 Å². The summed E-state index contributed by atoms with van der Waals surface area (Å²) in [6.45, 7) is 2.45. The molecule has 0 aliphatic carbocycles. The van der Waals surface area contributed by atoms with E-state index in [1.165, 1.54) is 17.3 Å². The van der Waals surface area contributed by atoms with Crippen LogP contribution in [0.3, 0.4) is 0 Å². The first-order valence-electron chi connectivity index (χ1n) is 6.15. The van der Waals surface area contributed by atoms with Crippen LogP contribution in [0.4, 0.5) is 0 Å². The molecule has 102 valence electrons. The summed E-state index contributed by atoms with van der Waals surface area (Å²) in [7, 11) is 0. The second-order valence-electron chi connectivity index (χ2n) is 4.46. The van der Waals surface area contributed by atoms with Gasteiger partial charge in [-0.05, 0) is 48.0 Å². The molecule has 2 heterocycles. The third-order valence-electron chi connectivity index (χ3n) is 2.97. The highest BCUT2D eigenvalue weighted by Crippen LogP contribution is 2.32. The first-order valence-corrected chi connectivity index (χ1v) is 7.34. The molecule has 0 unspecified atom stereocenters. The van der Waals surface area contributed by atoms with E-state index in [1.54, 1.807) is 6.20 Å². The number of nitrogens with zero attached hydrogens (tertiary/aromatic N) is 2. The summed E-state index contributed by atoms with van der Waals surface area (Å²) in [5.74, 6) is 0. The van der Waals surface area contributed by atoms with Crippen LogP contribution in [-0.4, -0.2) is 15.0 Å². The second kappa shape index (κ2) is 5.44. The van der Waals surface area contributed by atoms with Crippen LogP contribution in [-0.2, 0) is 6.54 Å². The summed E-state index contributed by atoms with van der Waals surface area (Å²) in [5, 5.41) is 2.08. The number of aromatic amines is 1. The minimum atomic E-state index is 0.397. The molecule has 0 fully saturated rings. The minimum Gasteiger partial charge on any atom is -0.333 e. The zero-order valence-electron chi connectivity index (χ0n) is 10.9. The van der Waals surface area contributed by atoms with Crippen LogP contribution in [0.15, 0.2) is 40.6 Å². The molecule has 3 N–H and O–H groups in total. The van der Waals surface area contributed by atoms with Gasteiger partial charge in [0, 0.05) is 12.7 Å². The smallest absolute Gasteiger partial charge is 0.172 e. The van der Waals surface area contributed by atoms with Gasteiger partial charge >= 0.3 is 0 Å². The number of halogens is 1. The summed E-state index contributed by atoms with van der Waals surface area (Å²) in [6.07, 6.45) is 1.71. The van der Waals surface area contributed by atoms with Gasteiger partial charge in [-0.15, -0.1) is 0 Å². The summed E-state index contributed by atoms with van der Waals surface area (Å²) in [5.41, 5.74) is 9.67. The summed E-state index contributed by atoms with van der Waals surface area (Å²) >= 11 is 7.69. The lowest BCUT2D eigenvalue weighted by atomic mass is 10.2. The predicted molar refractivity (Wildman–Crippen MR) is 82.1 cm³/mol. The summed E-state index contributed by atoms with van der Waals surface area (Å²) in [6, 6.07) is 7.93. The average molecular weight is 305 g/mol. The first-order chi connectivity index (χ1) is 9.67. The molecule has 3 aromatic rings. The molecule has 4 nitrogen and oxygen atoms in total. The van der Waals surface area contributed by atoms with E-state index in [9.17, 15) is 0 Å². The number of aromatic nitrogens is 3. The molecule has 0 amide bonds. The number of nitrogens with two attached hydrogens (primary N) is 1. The number of fused-ring (bicyclic) bond motifs is 1. The Morgan fingerprint density at radius 1 is 1.35 bits per heavy atom. The Hall–Kier alpha value is -1.56. The Balaban J connectivity index is 1.97. The highest BCUT2D eigenvalue weighted by molar-refractivity contribution is 7.99. The Bertz CT molecular complexity index is 769.